The van der Waals surface area contributed by atoms with Crippen LogP contribution < -0.4 is 4.74 Å². The van der Waals surface area contributed by atoms with E-state index in [9.17, 15) is 5.21 Å². The molecule has 0 atom stereocenters. The van der Waals surface area contributed by atoms with Crippen LogP contribution in [0.4, 0.5) is 0 Å². The van der Waals surface area contributed by atoms with E-state index < -0.39 is 0 Å². The van der Waals surface area contributed by atoms with E-state index in [0.29, 0.717) is 5.76 Å². The molecule has 0 radical (unpaired) electrons. The normalized spacial score (nSPS) is 14.8. The molecule has 3 heteroatoms. The fourth-order valence-corrected chi connectivity index (χ4v) is 1.23. The van der Waals surface area contributed by atoms with Crippen LogP contribution in [0, 0.1) is 5.21 Å². The van der Waals surface area contributed by atoms with Crippen molar-refractivity contribution in [2.45, 2.75) is 6.92 Å². The number of hydroxylamine groups is 1. The highest BCUT2D eigenvalue weighted by molar-refractivity contribution is 5.80. The van der Waals surface area contributed by atoms with Crippen molar-refractivity contribution in [3.05, 3.63) is 47.0 Å². The predicted molar refractivity (Wildman–Crippen MR) is 49.6 cm³/mol. The number of nitrogens with zero attached hydrogens (tertiary/aromatic N) is 1. The van der Waals surface area contributed by atoms with Crippen molar-refractivity contribution in [2.24, 2.45) is 0 Å². The molecule has 1 aliphatic rings. The van der Waals surface area contributed by atoms with Crippen molar-refractivity contribution < 1.29 is 9.48 Å². The molecule has 0 fully saturated rings. The number of hydrogen-bond acceptors (Lipinski definition) is 2. The minimum absolute atomic E-state index is 0.594. The van der Waals surface area contributed by atoms with Crippen molar-refractivity contribution in [1.29, 1.82) is 0 Å². The highest BCUT2D eigenvalue weighted by Gasteiger charge is 2.09. The molecule has 1 heterocycles. The Hall–Kier alpha value is -1.77. The molecule has 0 unspecified atom stereocenters. The summed E-state index contributed by atoms with van der Waals surface area (Å²) in [4.78, 5) is 0. The molecule has 13 heavy (non-hydrogen) atoms. The van der Waals surface area contributed by atoms with Gasteiger partial charge >= 0.3 is 0 Å². The third-order valence-electron chi connectivity index (χ3n) is 1.77. The molecule has 0 N–H and O–H groups in total. The van der Waals surface area contributed by atoms with E-state index in [1.165, 1.54) is 12.4 Å². The summed E-state index contributed by atoms with van der Waals surface area (Å²) in [6.45, 7) is 1.75. The number of hydrogen-bond donors (Lipinski definition) is 0. The Bertz CT molecular complexity index is 394. The van der Waals surface area contributed by atoms with Crippen LogP contribution in [0.2, 0.25) is 0 Å². The number of allylic oxidation sites excluding steroid dienone is 1. The molecule has 0 saturated carbocycles. The Balaban J connectivity index is 2.55. The molecule has 0 spiro atoms. The summed E-state index contributed by atoms with van der Waals surface area (Å²) in [6, 6.07) is 7.42. The second kappa shape index (κ2) is 2.94. The van der Waals surface area contributed by atoms with Crippen LogP contribution in [-0.2, 0) is 0 Å². The fraction of sp³-hybridized carbons (Fsp3) is 0.100. The summed E-state index contributed by atoms with van der Waals surface area (Å²) in [7, 11) is 0. The Morgan fingerprint density at radius 3 is 2.92 bits per heavy atom. The molecule has 2 rings (SSSR count). The van der Waals surface area contributed by atoms with Gasteiger partial charge in [-0.05, 0) is 12.1 Å². The number of benzene rings is 1. The maximum absolute atomic E-state index is 11.2. The third kappa shape index (κ3) is 1.54. The first kappa shape index (κ1) is 7.86. The summed E-state index contributed by atoms with van der Waals surface area (Å²) in [5, 5.41) is 11.2. The van der Waals surface area contributed by atoms with Crippen molar-refractivity contribution in [1.82, 2.24) is 0 Å². The van der Waals surface area contributed by atoms with Crippen molar-refractivity contribution in [3.8, 4) is 5.75 Å². The van der Waals surface area contributed by atoms with Crippen LogP contribution in [0.3, 0.4) is 0 Å². The Morgan fingerprint density at radius 2 is 2.08 bits per heavy atom. The van der Waals surface area contributed by atoms with E-state index in [4.69, 9.17) is 4.74 Å². The molecule has 0 amide bonds. The standard InChI is InChI=1S/C10H9NO2/c1-8-6-11(12)7-9-4-2-3-5-10(9)13-8/h2-7H,1H3. The van der Waals surface area contributed by atoms with Crippen LogP contribution in [0.1, 0.15) is 12.5 Å². The Morgan fingerprint density at radius 1 is 1.31 bits per heavy atom. The first-order chi connectivity index (χ1) is 6.25. The zero-order chi connectivity index (χ0) is 9.26. The molecule has 3 nitrogen and oxygen atoms in total. The Labute approximate surface area is 76.2 Å². The first-order valence-corrected chi connectivity index (χ1v) is 4.01. The lowest BCUT2D eigenvalue weighted by molar-refractivity contribution is -0.374. The maximum atomic E-state index is 11.2. The lowest BCUT2D eigenvalue weighted by atomic mass is 10.2. The lowest BCUT2D eigenvalue weighted by Crippen LogP contribution is -1.94. The zero-order valence-corrected chi connectivity index (χ0v) is 7.23. The summed E-state index contributed by atoms with van der Waals surface area (Å²) in [6.07, 6.45) is 2.89. The van der Waals surface area contributed by atoms with Crippen LogP contribution >= 0.6 is 0 Å². The van der Waals surface area contributed by atoms with Gasteiger partial charge in [-0.3, -0.25) is 0 Å². The van der Waals surface area contributed by atoms with Gasteiger partial charge in [0.1, 0.15) is 5.75 Å². The van der Waals surface area contributed by atoms with Gasteiger partial charge in [-0.1, -0.05) is 12.1 Å². The van der Waals surface area contributed by atoms with Crippen LogP contribution in [-0.4, -0.2) is 11.0 Å². The molecular formula is C10H9NO2. The molecule has 0 aliphatic carbocycles. The third-order valence-corrected chi connectivity index (χ3v) is 1.77. The smallest absolute Gasteiger partial charge is 0.218 e. The van der Waals surface area contributed by atoms with Gasteiger partial charge in [0.25, 0.3) is 0 Å². The molecule has 0 saturated heterocycles. The lowest BCUT2D eigenvalue weighted by Gasteiger charge is -2.02. The zero-order valence-electron chi connectivity index (χ0n) is 7.23. The maximum Gasteiger partial charge on any atom is 0.218 e. The highest BCUT2D eigenvalue weighted by atomic mass is 16.5. The molecule has 1 aliphatic heterocycles. The van der Waals surface area contributed by atoms with E-state index in [-0.39, 0.29) is 0 Å². The summed E-state index contributed by atoms with van der Waals surface area (Å²) in [5.41, 5.74) is 0.797. The molecule has 1 aromatic carbocycles. The molecule has 0 bridgehead atoms. The molecule has 0 aromatic heterocycles. The van der Waals surface area contributed by atoms with Gasteiger partial charge in [0, 0.05) is 6.92 Å². The van der Waals surface area contributed by atoms with Crippen molar-refractivity contribution in [3.63, 3.8) is 0 Å². The first-order valence-electron chi connectivity index (χ1n) is 4.01. The van der Waals surface area contributed by atoms with E-state index in [0.717, 1.165) is 16.1 Å². The van der Waals surface area contributed by atoms with E-state index >= 15 is 0 Å². The average molecular weight is 175 g/mol. The predicted octanol–water partition coefficient (Wildman–Crippen LogP) is 1.87. The summed E-state index contributed by atoms with van der Waals surface area (Å²) < 4.78 is 6.17. The van der Waals surface area contributed by atoms with Crippen molar-refractivity contribution in [2.75, 3.05) is 0 Å². The van der Waals surface area contributed by atoms with E-state index in [1.807, 2.05) is 24.3 Å². The van der Waals surface area contributed by atoms with Gasteiger partial charge in [-0.2, -0.15) is 4.74 Å². The fourth-order valence-electron chi connectivity index (χ4n) is 1.23. The average Bonchev–Trinajstić information content (AvgIpc) is 2.20. The summed E-state index contributed by atoms with van der Waals surface area (Å²) in [5.74, 6) is 1.31. The van der Waals surface area contributed by atoms with Gasteiger partial charge in [0.05, 0.1) is 5.56 Å². The van der Waals surface area contributed by atoms with E-state index in [2.05, 4.69) is 0 Å². The van der Waals surface area contributed by atoms with Crippen LogP contribution in [0.15, 0.2) is 36.2 Å². The largest absolute Gasteiger partial charge is 0.619 e. The van der Waals surface area contributed by atoms with Gasteiger partial charge in [-0.15, -0.1) is 0 Å². The number of ether oxygens (including phenoxy) is 1. The SMILES string of the molecule is CC1=C[N+]([O-])=Cc2ccccc2O1. The van der Waals surface area contributed by atoms with Gasteiger partial charge in [0.15, 0.2) is 12.0 Å². The quantitative estimate of drug-likeness (QED) is 0.445. The second-order valence-corrected chi connectivity index (χ2v) is 2.87. The number of rotatable bonds is 0. The molecule has 1 aromatic rings. The highest BCUT2D eigenvalue weighted by Crippen LogP contribution is 2.20. The number of fused-ring (bicyclic) bond motifs is 1. The van der Waals surface area contributed by atoms with Gasteiger partial charge in [0.2, 0.25) is 6.20 Å². The second-order valence-electron chi connectivity index (χ2n) is 2.87. The van der Waals surface area contributed by atoms with Gasteiger partial charge < -0.3 is 9.94 Å². The monoisotopic (exact) mass is 175 g/mol. The van der Waals surface area contributed by atoms with Gasteiger partial charge in [-0.25, -0.2) is 0 Å². The van der Waals surface area contributed by atoms with Crippen LogP contribution in [0.25, 0.3) is 0 Å². The summed E-state index contributed by atoms with van der Waals surface area (Å²) >= 11 is 0. The minimum Gasteiger partial charge on any atom is -0.619 e. The van der Waals surface area contributed by atoms with E-state index in [1.54, 1.807) is 6.92 Å². The Kier molecular flexibility index (Phi) is 1.77. The topological polar surface area (TPSA) is 35.3 Å². The van der Waals surface area contributed by atoms with Crippen LogP contribution in [0.5, 0.6) is 5.75 Å². The molecule has 66 valence electrons. The van der Waals surface area contributed by atoms with Crippen molar-refractivity contribution >= 4 is 6.21 Å². The molecular weight excluding hydrogens is 166 g/mol. The minimum atomic E-state index is 0.594. The number of para-hydroxylation sites is 1.